The maximum absolute atomic E-state index is 12.0. The standard InChI is InChI=1S/C19H17ClN4OS/c1-2-18(25)24-8-7-13-9-12(3-5-16(13)24)15-11-26-19(23-15)22-14-4-6-17(20)21-10-14/h3-6,9-11H,2,7-8H2,1H3,(H,22,23). The van der Waals surface area contributed by atoms with Gasteiger partial charge in [0.1, 0.15) is 5.15 Å². The number of fused-ring (bicyclic) bond motifs is 1. The molecule has 1 N–H and O–H groups in total. The molecule has 5 nitrogen and oxygen atoms in total. The minimum atomic E-state index is 0.174. The zero-order valence-corrected chi connectivity index (χ0v) is 15.8. The lowest BCUT2D eigenvalue weighted by atomic mass is 10.1. The quantitative estimate of drug-likeness (QED) is 0.650. The van der Waals surface area contributed by atoms with Crippen molar-refractivity contribution in [2.24, 2.45) is 0 Å². The molecule has 0 saturated carbocycles. The second-order valence-electron chi connectivity index (χ2n) is 6.02. The lowest BCUT2D eigenvalue weighted by Gasteiger charge is -2.16. The average Bonchev–Trinajstić information content (AvgIpc) is 3.29. The zero-order chi connectivity index (χ0) is 18.1. The second kappa shape index (κ2) is 7.05. The van der Waals surface area contributed by atoms with E-state index < -0.39 is 0 Å². The Bertz CT molecular complexity index is 954. The highest BCUT2D eigenvalue weighted by Gasteiger charge is 2.23. The summed E-state index contributed by atoms with van der Waals surface area (Å²) in [4.78, 5) is 22.6. The summed E-state index contributed by atoms with van der Waals surface area (Å²) in [5.74, 6) is 0.174. The molecular weight excluding hydrogens is 368 g/mol. The first kappa shape index (κ1) is 17.0. The van der Waals surface area contributed by atoms with E-state index in [1.807, 2.05) is 35.4 Å². The zero-order valence-electron chi connectivity index (χ0n) is 14.2. The Balaban J connectivity index is 1.55. The monoisotopic (exact) mass is 384 g/mol. The van der Waals surface area contributed by atoms with Crippen LogP contribution in [0, 0.1) is 0 Å². The Labute approximate surface area is 160 Å². The van der Waals surface area contributed by atoms with Crippen molar-refractivity contribution in [1.82, 2.24) is 9.97 Å². The van der Waals surface area contributed by atoms with Crippen LogP contribution in [0.5, 0.6) is 0 Å². The minimum absolute atomic E-state index is 0.174. The number of anilines is 3. The molecule has 3 aromatic rings. The van der Waals surface area contributed by atoms with Gasteiger partial charge in [0.05, 0.1) is 17.6 Å². The van der Waals surface area contributed by atoms with Gasteiger partial charge in [0.25, 0.3) is 0 Å². The van der Waals surface area contributed by atoms with Gasteiger partial charge < -0.3 is 10.2 Å². The van der Waals surface area contributed by atoms with Gasteiger partial charge in [0.15, 0.2) is 5.13 Å². The van der Waals surface area contributed by atoms with E-state index in [1.165, 1.54) is 16.9 Å². The molecule has 1 aliphatic rings. The molecule has 0 aliphatic carbocycles. The summed E-state index contributed by atoms with van der Waals surface area (Å²) in [6.45, 7) is 2.66. The highest BCUT2D eigenvalue weighted by Crippen LogP contribution is 2.34. The molecular formula is C19H17ClN4OS. The molecule has 1 aromatic carbocycles. The summed E-state index contributed by atoms with van der Waals surface area (Å²) < 4.78 is 0. The normalized spacial score (nSPS) is 12.9. The van der Waals surface area contributed by atoms with E-state index >= 15 is 0 Å². The van der Waals surface area contributed by atoms with Gasteiger partial charge in [-0.1, -0.05) is 24.6 Å². The number of nitrogens with zero attached hydrogens (tertiary/aromatic N) is 3. The van der Waals surface area contributed by atoms with Crippen molar-refractivity contribution < 1.29 is 4.79 Å². The fourth-order valence-electron chi connectivity index (χ4n) is 3.05. The molecule has 0 spiro atoms. The van der Waals surface area contributed by atoms with Crippen LogP contribution < -0.4 is 10.2 Å². The van der Waals surface area contributed by atoms with Gasteiger partial charge >= 0.3 is 0 Å². The molecule has 7 heteroatoms. The largest absolute Gasteiger partial charge is 0.330 e. The predicted molar refractivity (Wildman–Crippen MR) is 106 cm³/mol. The smallest absolute Gasteiger partial charge is 0.226 e. The van der Waals surface area contributed by atoms with Crippen LogP contribution in [0.25, 0.3) is 11.3 Å². The van der Waals surface area contributed by atoms with Crippen molar-refractivity contribution in [3.63, 3.8) is 0 Å². The molecule has 0 radical (unpaired) electrons. The SMILES string of the molecule is CCC(=O)N1CCc2cc(-c3csc(Nc4ccc(Cl)nc4)n3)ccc21. The number of nitrogens with one attached hydrogen (secondary N) is 1. The van der Waals surface area contributed by atoms with Gasteiger partial charge in [0, 0.05) is 29.6 Å². The van der Waals surface area contributed by atoms with Crippen LogP contribution in [0.2, 0.25) is 5.15 Å². The van der Waals surface area contributed by atoms with Gasteiger partial charge in [-0.15, -0.1) is 11.3 Å². The van der Waals surface area contributed by atoms with Gasteiger partial charge in [-0.25, -0.2) is 9.97 Å². The molecule has 0 atom stereocenters. The Kier molecular flexibility index (Phi) is 4.61. The highest BCUT2D eigenvalue weighted by atomic mass is 35.5. The molecule has 0 saturated heterocycles. The summed E-state index contributed by atoms with van der Waals surface area (Å²) in [5.41, 5.74) is 5.06. The average molecular weight is 385 g/mol. The van der Waals surface area contributed by atoms with Crippen LogP contribution in [-0.4, -0.2) is 22.4 Å². The summed E-state index contributed by atoms with van der Waals surface area (Å²) >= 11 is 7.35. The van der Waals surface area contributed by atoms with Crippen LogP contribution >= 0.6 is 22.9 Å². The Morgan fingerprint density at radius 1 is 1.35 bits per heavy atom. The van der Waals surface area contributed by atoms with Crippen molar-refractivity contribution >= 4 is 45.4 Å². The van der Waals surface area contributed by atoms with Crippen molar-refractivity contribution in [2.45, 2.75) is 19.8 Å². The topological polar surface area (TPSA) is 58.1 Å². The number of hydrogen-bond acceptors (Lipinski definition) is 5. The number of hydrogen-bond donors (Lipinski definition) is 1. The molecule has 1 amide bonds. The van der Waals surface area contributed by atoms with Crippen molar-refractivity contribution in [3.8, 4) is 11.3 Å². The highest BCUT2D eigenvalue weighted by molar-refractivity contribution is 7.14. The summed E-state index contributed by atoms with van der Waals surface area (Å²) in [6.07, 6.45) is 3.10. The number of amides is 1. The Morgan fingerprint density at radius 2 is 2.23 bits per heavy atom. The van der Waals surface area contributed by atoms with Crippen LogP contribution in [0.3, 0.4) is 0 Å². The maximum Gasteiger partial charge on any atom is 0.226 e. The number of halogens is 1. The van der Waals surface area contributed by atoms with E-state index in [4.69, 9.17) is 11.6 Å². The van der Waals surface area contributed by atoms with Crippen LogP contribution in [0.15, 0.2) is 41.9 Å². The van der Waals surface area contributed by atoms with E-state index in [2.05, 4.69) is 21.4 Å². The van der Waals surface area contributed by atoms with Crippen LogP contribution in [-0.2, 0) is 11.2 Å². The van der Waals surface area contributed by atoms with Crippen molar-refractivity contribution in [3.05, 3.63) is 52.6 Å². The van der Waals surface area contributed by atoms with Gasteiger partial charge in [-0.05, 0) is 36.2 Å². The summed E-state index contributed by atoms with van der Waals surface area (Å²) in [6, 6.07) is 9.80. The van der Waals surface area contributed by atoms with E-state index in [0.717, 1.165) is 40.7 Å². The van der Waals surface area contributed by atoms with Crippen LogP contribution in [0.4, 0.5) is 16.5 Å². The molecule has 3 heterocycles. The maximum atomic E-state index is 12.0. The number of carbonyl (C=O) groups is 1. The van der Waals surface area contributed by atoms with E-state index in [9.17, 15) is 4.79 Å². The van der Waals surface area contributed by atoms with E-state index in [0.29, 0.717) is 11.6 Å². The Morgan fingerprint density at radius 3 is 3.00 bits per heavy atom. The lowest BCUT2D eigenvalue weighted by molar-refractivity contribution is -0.118. The predicted octanol–water partition coefficient (Wildman–Crippen LogP) is 4.90. The minimum Gasteiger partial charge on any atom is -0.330 e. The molecule has 0 fully saturated rings. The van der Waals surface area contributed by atoms with Crippen molar-refractivity contribution in [1.29, 1.82) is 0 Å². The number of aromatic nitrogens is 2. The Hall–Kier alpha value is -2.44. The van der Waals surface area contributed by atoms with Gasteiger partial charge in [0.2, 0.25) is 5.91 Å². The molecule has 4 rings (SSSR count). The molecule has 1 aliphatic heterocycles. The molecule has 132 valence electrons. The first-order valence-electron chi connectivity index (χ1n) is 8.42. The third kappa shape index (κ3) is 3.30. The number of carbonyl (C=O) groups excluding carboxylic acids is 1. The number of pyridine rings is 1. The fraction of sp³-hybridized carbons (Fsp3) is 0.211. The summed E-state index contributed by atoms with van der Waals surface area (Å²) in [5, 5.41) is 6.52. The van der Waals surface area contributed by atoms with Crippen molar-refractivity contribution in [2.75, 3.05) is 16.8 Å². The third-order valence-corrected chi connectivity index (χ3v) is 5.34. The number of rotatable bonds is 4. The first-order valence-corrected chi connectivity index (χ1v) is 9.67. The second-order valence-corrected chi connectivity index (χ2v) is 7.27. The van der Waals surface area contributed by atoms with E-state index in [1.54, 1.807) is 12.3 Å². The third-order valence-electron chi connectivity index (χ3n) is 4.36. The lowest BCUT2D eigenvalue weighted by Crippen LogP contribution is -2.27. The molecule has 0 bridgehead atoms. The van der Waals surface area contributed by atoms with E-state index in [-0.39, 0.29) is 5.91 Å². The van der Waals surface area contributed by atoms with Gasteiger partial charge in [-0.2, -0.15) is 0 Å². The van der Waals surface area contributed by atoms with Crippen LogP contribution in [0.1, 0.15) is 18.9 Å². The summed E-state index contributed by atoms with van der Waals surface area (Å²) in [7, 11) is 0. The molecule has 0 unspecified atom stereocenters. The number of benzene rings is 1. The number of thiazole rings is 1. The first-order chi connectivity index (χ1) is 12.6. The molecule has 26 heavy (non-hydrogen) atoms. The van der Waals surface area contributed by atoms with Gasteiger partial charge in [-0.3, -0.25) is 4.79 Å². The fourth-order valence-corrected chi connectivity index (χ4v) is 3.90. The molecule has 2 aromatic heterocycles.